The van der Waals surface area contributed by atoms with E-state index in [1.807, 2.05) is 6.20 Å². The monoisotopic (exact) mass is 365 g/mol. The number of aliphatic hydroxyl groups is 1. The van der Waals surface area contributed by atoms with Crippen molar-refractivity contribution < 1.29 is 14.2 Å². The van der Waals surface area contributed by atoms with Gasteiger partial charge in [-0.3, -0.25) is 4.90 Å². The number of nitrogens with zero attached hydrogens (tertiary/aromatic N) is 3. The maximum absolute atomic E-state index is 13.3. The summed E-state index contributed by atoms with van der Waals surface area (Å²) in [6.45, 7) is 2.62. The molecule has 0 spiro atoms. The zero-order chi connectivity index (χ0) is 17.4. The Balaban J connectivity index is 1.55. The molecule has 2 fully saturated rings. The Bertz CT molecular complexity index is 754. The Kier molecular flexibility index (Phi) is 4.78. The van der Waals surface area contributed by atoms with Crippen molar-refractivity contribution >= 4 is 11.6 Å². The molecule has 1 N–H and O–H groups in total. The smallest absolute Gasteiger partial charge is 0.141 e. The van der Waals surface area contributed by atoms with E-state index in [2.05, 4.69) is 14.5 Å². The number of ether oxygens (including phenoxy) is 1. The quantitative estimate of drug-likeness (QED) is 0.905. The highest BCUT2D eigenvalue weighted by atomic mass is 35.5. The van der Waals surface area contributed by atoms with Crippen LogP contribution in [0.1, 0.15) is 18.9 Å². The lowest BCUT2D eigenvalue weighted by molar-refractivity contribution is -0.0567. The molecule has 0 unspecified atom stereocenters. The Morgan fingerprint density at radius 1 is 1.32 bits per heavy atom. The van der Waals surface area contributed by atoms with Gasteiger partial charge in [0.05, 0.1) is 17.7 Å². The molecule has 3 heterocycles. The summed E-state index contributed by atoms with van der Waals surface area (Å²) in [7, 11) is 0. The van der Waals surface area contributed by atoms with Gasteiger partial charge in [-0.15, -0.1) is 0 Å². The zero-order valence-corrected chi connectivity index (χ0v) is 14.6. The van der Waals surface area contributed by atoms with E-state index < -0.39 is 0 Å². The van der Waals surface area contributed by atoms with Crippen molar-refractivity contribution in [3.8, 4) is 11.4 Å². The molecule has 7 heteroatoms. The molecule has 0 radical (unpaired) electrons. The number of benzene rings is 1. The second kappa shape index (κ2) is 7.03. The van der Waals surface area contributed by atoms with Gasteiger partial charge in [-0.25, -0.2) is 9.37 Å². The second-order valence-electron chi connectivity index (χ2n) is 6.75. The summed E-state index contributed by atoms with van der Waals surface area (Å²) in [5.41, 5.74) is 0.743. The van der Waals surface area contributed by atoms with E-state index in [1.54, 1.807) is 12.3 Å². The van der Waals surface area contributed by atoms with Gasteiger partial charge in [0.2, 0.25) is 0 Å². The summed E-state index contributed by atoms with van der Waals surface area (Å²) < 4.78 is 21.3. The first-order valence-corrected chi connectivity index (χ1v) is 8.98. The molecule has 0 saturated carbocycles. The van der Waals surface area contributed by atoms with Crippen LogP contribution in [0.5, 0.6) is 0 Å². The highest BCUT2D eigenvalue weighted by molar-refractivity contribution is 6.33. The van der Waals surface area contributed by atoms with Gasteiger partial charge in [0.25, 0.3) is 0 Å². The van der Waals surface area contributed by atoms with Crippen molar-refractivity contribution in [1.82, 2.24) is 14.5 Å². The van der Waals surface area contributed by atoms with E-state index in [-0.39, 0.29) is 24.6 Å². The largest absolute Gasteiger partial charge is 0.396 e. The number of morpholine rings is 1. The number of hydrogen-bond donors (Lipinski definition) is 1. The summed E-state index contributed by atoms with van der Waals surface area (Å²) in [6, 6.07) is 5.07. The van der Waals surface area contributed by atoms with Crippen molar-refractivity contribution in [2.75, 3.05) is 26.3 Å². The molecule has 3 atom stereocenters. The van der Waals surface area contributed by atoms with Crippen LogP contribution in [-0.2, 0) is 4.74 Å². The highest BCUT2D eigenvalue weighted by Gasteiger charge is 2.38. The van der Waals surface area contributed by atoms with Crippen LogP contribution >= 0.6 is 11.6 Å². The minimum Gasteiger partial charge on any atom is -0.396 e. The Morgan fingerprint density at radius 3 is 3.00 bits per heavy atom. The van der Waals surface area contributed by atoms with Crippen LogP contribution < -0.4 is 0 Å². The van der Waals surface area contributed by atoms with Crippen LogP contribution in [0, 0.1) is 5.82 Å². The fourth-order valence-electron chi connectivity index (χ4n) is 3.92. The maximum atomic E-state index is 13.3. The average Bonchev–Trinajstić information content (AvgIpc) is 3.21. The van der Waals surface area contributed by atoms with Crippen molar-refractivity contribution in [1.29, 1.82) is 0 Å². The minimum absolute atomic E-state index is 0.105. The predicted molar refractivity (Wildman–Crippen MR) is 93.1 cm³/mol. The summed E-state index contributed by atoms with van der Waals surface area (Å²) in [5.74, 6) is 0.416. The van der Waals surface area contributed by atoms with Crippen molar-refractivity contribution in [2.45, 2.75) is 31.0 Å². The van der Waals surface area contributed by atoms with Gasteiger partial charge in [0.15, 0.2) is 0 Å². The zero-order valence-electron chi connectivity index (χ0n) is 13.8. The van der Waals surface area contributed by atoms with Gasteiger partial charge >= 0.3 is 0 Å². The molecule has 1 aromatic carbocycles. The highest BCUT2D eigenvalue weighted by Crippen LogP contribution is 2.35. The van der Waals surface area contributed by atoms with Gasteiger partial charge in [-0.1, -0.05) is 11.6 Å². The lowest BCUT2D eigenvalue weighted by Gasteiger charge is -2.34. The maximum Gasteiger partial charge on any atom is 0.141 e. The molecule has 0 bridgehead atoms. The van der Waals surface area contributed by atoms with E-state index in [9.17, 15) is 4.39 Å². The first-order chi connectivity index (χ1) is 12.2. The van der Waals surface area contributed by atoms with Gasteiger partial charge in [0.1, 0.15) is 11.6 Å². The molecule has 2 aromatic rings. The number of hydrogen-bond acceptors (Lipinski definition) is 4. The van der Waals surface area contributed by atoms with Crippen LogP contribution in [0.15, 0.2) is 30.6 Å². The number of imidazole rings is 1. The molecule has 5 nitrogen and oxygen atoms in total. The molecule has 1 aromatic heterocycles. The molecule has 2 aliphatic rings. The van der Waals surface area contributed by atoms with Crippen molar-refractivity contribution in [2.24, 2.45) is 0 Å². The molecule has 2 aliphatic heterocycles. The Hall–Kier alpha value is -1.47. The topological polar surface area (TPSA) is 50.5 Å². The van der Waals surface area contributed by atoms with E-state index in [4.69, 9.17) is 21.4 Å². The summed E-state index contributed by atoms with van der Waals surface area (Å²) >= 11 is 6.23. The number of aromatic nitrogens is 2. The van der Waals surface area contributed by atoms with E-state index in [0.717, 1.165) is 30.9 Å². The Labute approximate surface area is 151 Å². The third kappa shape index (κ3) is 3.31. The Morgan fingerprint density at radius 2 is 2.20 bits per heavy atom. The van der Waals surface area contributed by atoms with Gasteiger partial charge in [0, 0.05) is 49.7 Å². The van der Waals surface area contributed by atoms with Gasteiger partial charge in [-0.05, 0) is 31.0 Å². The SMILES string of the molecule is OCC[C@H]1CN2C[C@@H](n3ccnc3-c3ccc(F)cc3Cl)C[C@H]2CO1. The first-order valence-electron chi connectivity index (χ1n) is 8.60. The van der Waals surface area contributed by atoms with Crippen molar-refractivity contribution in [3.05, 3.63) is 41.4 Å². The molecule has 2 saturated heterocycles. The number of rotatable bonds is 4. The summed E-state index contributed by atoms with van der Waals surface area (Å²) in [6.07, 6.45) is 5.49. The third-order valence-electron chi connectivity index (χ3n) is 5.15. The lowest BCUT2D eigenvalue weighted by Crippen LogP contribution is -2.46. The van der Waals surface area contributed by atoms with Gasteiger partial charge in [-0.2, -0.15) is 0 Å². The molecular formula is C18H21ClFN3O2. The molecule has 25 heavy (non-hydrogen) atoms. The fraction of sp³-hybridized carbons (Fsp3) is 0.500. The minimum atomic E-state index is -0.350. The van der Waals surface area contributed by atoms with E-state index >= 15 is 0 Å². The van der Waals surface area contributed by atoms with Crippen LogP contribution in [0.4, 0.5) is 4.39 Å². The first kappa shape index (κ1) is 17.0. The second-order valence-corrected chi connectivity index (χ2v) is 7.15. The molecule has 134 valence electrons. The third-order valence-corrected chi connectivity index (χ3v) is 5.47. The van der Waals surface area contributed by atoms with Crippen LogP contribution in [-0.4, -0.2) is 58.0 Å². The van der Waals surface area contributed by atoms with Crippen molar-refractivity contribution in [3.63, 3.8) is 0 Å². The van der Waals surface area contributed by atoms with Crippen LogP contribution in [0.25, 0.3) is 11.4 Å². The predicted octanol–water partition coefficient (Wildman–Crippen LogP) is 2.74. The molecule has 0 aliphatic carbocycles. The van der Waals surface area contributed by atoms with Crippen LogP contribution in [0.3, 0.4) is 0 Å². The number of fused-ring (bicyclic) bond motifs is 1. The lowest BCUT2D eigenvalue weighted by atomic mass is 10.1. The van der Waals surface area contributed by atoms with E-state index in [0.29, 0.717) is 24.1 Å². The number of halogens is 2. The standard InChI is InChI=1S/C18H21ClFN3O2/c19-17-7-12(20)1-2-16(17)18-21-4-5-23(18)13-8-14-11-25-15(3-6-24)10-22(14)9-13/h1-2,4-5,7,13-15,24H,3,6,8-11H2/t13-,14-,15-/m0/s1. The fourth-order valence-corrected chi connectivity index (χ4v) is 4.17. The normalized spacial score (nSPS) is 26.8. The van der Waals surface area contributed by atoms with Crippen LogP contribution in [0.2, 0.25) is 5.02 Å². The summed E-state index contributed by atoms with van der Waals surface area (Å²) in [4.78, 5) is 6.89. The van der Waals surface area contributed by atoms with Gasteiger partial charge < -0.3 is 14.4 Å². The number of aliphatic hydroxyl groups excluding tert-OH is 1. The molecule has 4 rings (SSSR count). The summed E-state index contributed by atoms with van der Waals surface area (Å²) in [5, 5.41) is 9.49. The molecular weight excluding hydrogens is 345 g/mol. The van der Waals surface area contributed by atoms with E-state index in [1.165, 1.54) is 12.1 Å². The average molecular weight is 366 g/mol. The molecule has 0 amide bonds.